The molecule has 8 nitrogen and oxygen atoms in total. The monoisotopic (exact) mass is 411 g/mol. The van der Waals surface area contributed by atoms with Gasteiger partial charge in [-0.25, -0.2) is 14.8 Å². The minimum Gasteiger partial charge on any atom is -0.444 e. The molecule has 2 saturated carbocycles. The summed E-state index contributed by atoms with van der Waals surface area (Å²) in [7, 11) is 0. The van der Waals surface area contributed by atoms with Crippen molar-refractivity contribution < 1.29 is 14.6 Å². The first-order chi connectivity index (χ1) is 14.3. The second kappa shape index (κ2) is 6.97. The van der Waals surface area contributed by atoms with Crippen LogP contribution in [0, 0.1) is 11.8 Å². The maximum atomic E-state index is 12.0. The Kier molecular flexibility index (Phi) is 4.50. The number of hydrogen-bond donors (Lipinski definition) is 3. The van der Waals surface area contributed by atoms with Crippen LogP contribution in [0.2, 0.25) is 0 Å². The van der Waals surface area contributed by atoms with E-state index in [9.17, 15) is 9.90 Å². The molecule has 0 aliphatic heterocycles. The molecular weight excluding hydrogens is 382 g/mol. The van der Waals surface area contributed by atoms with Gasteiger partial charge in [-0.05, 0) is 57.9 Å². The molecule has 0 spiro atoms. The summed E-state index contributed by atoms with van der Waals surface area (Å²) in [6.07, 6.45) is 6.64. The fourth-order valence-corrected chi connectivity index (χ4v) is 5.30. The van der Waals surface area contributed by atoms with Crippen molar-refractivity contribution in [3.63, 3.8) is 0 Å². The summed E-state index contributed by atoms with van der Waals surface area (Å²) in [4.78, 5) is 24.6. The number of aromatic amines is 1. The Morgan fingerprint density at radius 2 is 2.17 bits per heavy atom. The number of alkyl carbamates (subject to hydrolysis) is 1. The average molecular weight is 412 g/mol. The summed E-state index contributed by atoms with van der Waals surface area (Å²) in [6, 6.07) is 2.37. The minimum absolute atomic E-state index is 0.174. The topological polar surface area (TPSA) is 105 Å². The van der Waals surface area contributed by atoms with Crippen LogP contribution in [0.1, 0.15) is 51.9 Å². The van der Waals surface area contributed by atoms with E-state index in [0.717, 1.165) is 47.2 Å². The molecule has 0 unspecified atom stereocenters. The van der Waals surface area contributed by atoms with Gasteiger partial charge in [0, 0.05) is 30.6 Å². The van der Waals surface area contributed by atoms with Gasteiger partial charge in [0.15, 0.2) is 0 Å². The summed E-state index contributed by atoms with van der Waals surface area (Å²) in [5, 5.41) is 14.2. The third kappa shape index (κ3) is 3.33. The van der Waals surface area contributed by atoms with Crippen molar-refractivity contribution >= 4 is 28.2 Å². The van der Waals surface area contributed by atoms with Crippen LogP contribution in [0.4, 0.5) is 4.79 Å². The van der Waals surface area contributed by atoms with Gasteiger partial charge in [0.05, 0.1) is 17.8 Å². The van der Waals surface area contributed by atoms with E-state index in [1.165, 1.54) is 0 Å². The quantitative estimate of drug-likeness (QED) is 0.611. The third-order valence-electron chi connectivity index (χ3n) is 6.44. The molecule has 0 saturated heterocycles. The summed E-state index contributed by atoms with van der Waals surface area (Å²) in [6.45, 7) is 6.01. The molecule has 2 aliphatic rings. The highest BCUT2D eigenvalue weighted by Crippen LogP contribution is 2.52. The molecule has 2 aliphatic carbocycles. The molecule has 1 amide bonds. The summed E-state index contributed by atoms with van der Waals surface area (Å²) in [5.41, 5.74) is 2.30. The minimum atomic E-state index is -0.521. The molecule has 3 N–H and O–H groups in total. The van der Waals surface area contributed by atoms with Crippen molar-refractivity contribution in [2.24, 2.45) is 11.8 Å². The van der Waals surface area contributed by atoms with E-state index in [1.807, 2.05) is 39.2 Å². The van der Waals surface area contributed by atoms with E-state index in [4.69, 9.17) is 9.72 Å². The summed E-state index contributed by atoms with van der Waals surface area (Å²) >= 11 is 0. The van der Waals surface area contributed by atoms with Crippen molar-refractivity contribution in [2.75, 3.05) is 6.54 Å². The molecule has 5 rings (SSSR count). The Balaban J connectivity index is 1.46. The van der Waals surface area contributed by atoms with E-state index in [-0.39, 0.29) is 6.10 Å². The molecule has 2 fully saturated rings. The summed E-state index contributed by atoms with van der Waals surface area (Å²) in [5.74, 6) is 1.78. The average Bonchev–Trinajstić information content (AvgIpc) is 3.40. The van der Waals surface area contributed by atoms with Gasteiger partial charge in [0.25, 0.3) is 0 Å². The number of nitrogens with zero attached hydrogens (tertiary/aromatic N) is 3. The maximum absolute atomic E-state index is 12.0. The molecule has 0 radical (unpaired) electrons. The molecule has 30 heavy (non-hydrogen) atoms. The van der Waals surface area contributed by atoms with Crippen molar-refractivity contribution in [1.82, 2.24) is 24.8 Å². The smallest absolute Gasteiger partial charge is 0.407 e. The lowest BCUT2D eigenvalue weighted by atomic mass is 9.92. The van der Waals surface area contributed by atoms with Crippen molar-refractivity contribution in [3.8, 4) is 0 Å². The van der Waals surface area contributed by atoms with Crippen LogP contribution >= 0.6 is 0 Å². The van der Waals surface area contributed by atoms with Gasteiger partial charge in [0.2, 0.25) is 0 Å². The number of H-pyrrole nitrogens is 1. The lowest BCUT2D eigenvalue weighted by Crippen LogP contribution is -2.34. The number of nitrogens with one attached hydrogen (secondary N) is 2. The Labute approximate surface area is 175 Å². The number of fused-ring (bicyclic) bond motifs is 5. The molecule has 0 aromatic carbocycles. The first-order valence-electron chi connectivity index (χ1n) is 10.8. The molecular formula is C22H29N5O3. The molecule has 3 heterocycles. The first-order valence-corrected chi connectivity index (χ1v) is 10.8. The Morgan fingerprint density at radius 3 is 2.87 bits per heavy atom. The first kappa shape index (κ1) is 19.4. The van der Waals surface area contributed by atoms with Gasteiger partial charge < -0.3 is 24.7 Å². The van der Waals surface area contributed by atoms with Crippen LogP contribution in [0.3, 0.4) is 0 Å². The molecule has 160 valence electrons. The number of pyridine rings is 1. The zero-order valence-corrected chi connectivity index (χ0v) is 17.7. The van der Waals surface area contributed by atoms with Gasteiger partial charge in [-0.1, -0.05) is 0 Å². The number of rotatable bonds is 4. The van der Waals surface area contributed by atoms with Gasteiger partial charge in [0.1, 0.15) is 22.6 Å². The number of ether oxygens (including phenoxy) is 1. The number of aliphatic hydroxyl groups excluding tert-OH is 1. The largest absolute Gasteiger partial charge is 0.444 e. The van der Waals surface area contributed by atoms with Crippen LogP contribution in [-0.2, 0) is 11.2 Å². The predicted molar refractivity (Wildman–Crippen MR) is 113 cm³/mol. The van der Waals surface area contributed by atoms with E-state index in [0.29, 0.717) is 30.8 Å². The Hall–Kier alpha value is -2.61. The number of aliphatic hydroxyl groups is 1. The van der Waals surface area contributed by atoms with Crippen molar-refractivity contribution in [2.45, 2.75) is 64.2 Å². The molecule has 8 heteroatoms. The van der Waals surface area contributed by atoms with Crippen LogP contribution in [0.25, 0.3) is 22.1 Å². The van der Waals surface area contributed by atoms with Crippen LogP contribution in [0.15, 0.2) is 18.5 Å². The number of carbonyl (C=O) groups is 1. The second-order valence-electron chi connectivity index (χ2n) is 9.67. The summed E-state index contributed by atoms with van der Waals surface area (Å²) < 4.78 is 7.71. The van der Waals surface area contributed by atoms with Crippen molar-refractivity contribution in [3.05, 3.63) is 24.3 Å². The van der Waals surface area contributed by atoms with E-state index in [2.05, 4.69) is 19.9 Å². The number of amides is 1. The number of aromatic nitrogens is 4. The second-order valence-corrected chi connectivity index (χ2v) is 9.67. The van der Waals surface area contributed by atoms with E-state index < -0.39 is 11.7 Å². The maximum Gasteiger partial charge on any atom is 0.407 e. The molecule has 3 aromatic rings. The zero-order valence-electron chi connectivity index (χ0n) is 17.7. The van der Waals surface area contributed by atoms with Crippen molar-refractivity contribution in [1.29, 1.82) is 0 Å². The fraction of sp³-hybridized carbons (Fsp3) is 0.591. The van der Waals surface area contributed by atoms with E-state index >= 15 is 0 Å². The van der Waals surface area contributed by atoms with Crippen LogP contribution in [0.5, 0.6) is 0 Å². The van der Waals surface area contributed by atoms with Gasteiger partial charge >= 0.3 is 6.09 Å². The standard InChI is InChI=1S/C22H29N5O3/c1-22(2,3)30-21(29)24-7-5-18-26-15-11-25-20-14(4-6-23-20)19(15)27(18)16-9-13-8-12(16)10-17(13)28/h4,6,11-13,16-17,28H,5,7-10H2,1-3H3,(H,23,25)(H,24,29)/t12-,13-,16+,17+/m0/s1. The number of imidazole rings is 1. The predicted octanol–water partition coefficient (Wildman–Crippen LogP) is 3.31. The SMILES string of the molecule is CC(C)(C)OC(=O)NCCc1nc2cnc3[nH]ccc3c2n1[C@@H]1C[C@@H]2C[C@H]1C[C@H]2O. The van der Waals surface area contributed by atoms with Crippen LogP contribution < -0.4 is 5.32 Å². The Morgan fingerprint density at radius 1 is 1.33 bits per heavy atom. The molecule has 3 aromatic heterocycles. The third-order valence-corrected chi connectivity index (χ3v) is 6.44. The number of carbonyl (C=O) groups excluding carboxylic acids is 1. The highest BCUT2D eigenvalue weighted by atomic mass is 16.6. The molecule has 4 atom stereocenters. The normalized spacial score (nSPS) is 26.0. The highest BCUT2D eigenvalue weighted by molar-refractivity contribution is 6.01. The number of hydrogen-bond acceptors (Lipinski definition) is 5. The fourth-order valence-electron chi connectivity index (χ4n) is 5.30. The van der Waals surface area contributed by atoms with Gasteiger partial charge in [-0.15, -0.1) is 0 Å². The lowest BCUT2D eigenvalue weighted by Gasteiger charge is -2.28. The van der Waals surface area contributed by atoms with Gasteiger partial charge in [-0.2, -0.15) is 0 Å². The van der Waals surface area contributed by atoms with Crippen LogP contribution in [-0.4, -0.2) is 49.0 Å². The zero-order chi connectivity index (χ0) is 21.0. The highest BCUT2D eigenvalue weighted by Gasteiger charge is 2.46. The van der Waals surface area contributed by atoms with Gasteiger partial charge in [-0.3, -0.25) is 0 Å². The Bertz CT molecular complexity index is 1090. The lowest BCUT2D eigenvalue weighted by molar-refractivity contribution is 0.0528. The molecule has 2 bridgehead atoms. The van der Waals surface area contributed by atoms with E-state index in [1.54, 1.807) is 0 Å².